The molecule has 0 aliphatic carbocycles. The average Bonchev–Trinajstić information content (AvgIpc) is 2.37. The highest BCUT2D eigenvalue weighted by molar-refractivity contribution is 5.67. The Morgan fingerprint density at radius 2 is 2.11 bits per heavy atom. The molecular formula is C14H19NO3. The summed E-state index contributed by atoms with van der Waals surface area (Å²) in [6.45, 7) is 4.89. The van der Waals surface area contributed by atoms with Crippen LogP contribution in [0.3, 0.4) is 0 Å². The van der Waals surface area contributed by atoms with Gasteiger partial charge in [0.2, 0.25) is 0 Å². The second kappa shape index (κ2) is 5.87. The Morgan fingerprint density at radius 3 is 2.78 bits per heavy atom. The first-order valence-corrected chi connectivity index (χ1v) is 6.29. The van der Waals surface area contributed by atoms with E-state index < -0.39 is 0 Å². The zero-order chi connectivity index (χ0) is 13.0. The number of amides is 1. The minimum absolute atomic E-state index is 0.207. The number of benzene rings is 1. The first kappa shape index (κ1) is 12.9. The molecule has 1 aromatic carbocycles. The van der Waals surface area contributed by atoms with Crippen LogP contribution in [0, 0.1) is 0 Å². The molecule has 1 heterocycles. The van der Waals surface area contributed by atoms with Crippen LogP contribution in [-0.2, 0) is 16.1 Å². The maximum atomic E-state index is 11.9. The van der Waals surface area contributed by atoms with Crippen LogP contribution in [0.1, 0.15) is 25.8 Å². The molecule has 2 rings (SSSR count). The van der Waals surface area contributed by atoms with Gasteiger partial charge >= 0.3 is 6.09 Å². The standard InChI is InChI=1S/C14H19NO3/c1-11-8-9-15(12(2)18-11)14(16)17-10-13-6-4-3-5-7-13/h3-7,11-12H,8-10H2,1-2H3. The number of rotatable bonds is 2. The van der Waals surface area contributed by atoms with E-state index in [9.17, 15) is 4.79 Å². The van der Waals surface area contributed by atoms with Crippen LogP contribution < -0.4 is 0 Å². The predicted molar refractivity (Wildman–Crippen MR) is 68.0 cm³/mol. The lowest BCUT2D eigenvalue weighted by Crippen LogP contribution is -2.47. The second-order valence-corrected chi connectivity index (χ2v) is 4.57. The number of carbonyl (C=O) groups is 1. The first-order valence-electron chi connectivity index (χ1n) is 6.29. The second-order valence-electron chi connectivity index (χ2n) is 4.57. The molecular weight excluding hydrogens is 230 g/mol. The molecule has 0 saturated carbocycles. The monoisotopic (exact) mass is 249 g/mol. The molecule has 1 saturated heterocycles. The molecule has 1 aliphatic heterocycles. The van der Waals surface area contributed by atoms with Crippen LogP contribution in [0.25, 0.3) is 0 Å². The predicted octanol–water partition coefficient (Wildman–Crippen LogP) is 2.78. The molecule has 1 aromatic rings. The molecule has 0 spiro atoms. The Morgan fingerprint density at radius 1 is 1.39 bits per heavy atom. The van der Waals surface area contributed by atoms with Crippen molar-refractivity contribution < 1.29 is 14.3 Å². The van der Waals surface area contributed by atoms with Crippen LogP contribution in [0.15, 0.2) is 30.3 Å². The average molecular weight is 249 g/mol. The summed E-state index contributed by atoms with van der Waals surface area (Å²) in [5, 5.41) is 0. The Labute approximate surface area is 107 Å². The summed E-state index contributed by atoms with van der Waals surface area (Å²) in [6, 6.07) is 9.67. The van der Waals surface area contributed by atoms with Gasteiger partial charge in [0.15, 0.2) is 0 Å². The van der Waals surface area contributed by atoms with Crippen LogP contribution in [-0.4, -0.2) is 29.9 Å². The summed E-state index contributed by atoms with van der Waals surface area (Å²) in [5.41, 5.74) is 0.991. The molecule has 0 radical (unpaired) electrons. The molecule has 0 bridgehead atoms. The van der Waals surface area contributed by atoms with Crippen molar-refractivity contribution >= 4 is 6.09 Å². The topological polar surface area (TPSA) is 38.8 Å². The zero-order valence-electron chi connectivity index (χ0n) is 10.8. The van der Waals surface area contributed by atoms with Gasteiger partial charge in [0, 0.05) is 6.54 Å². The SMILES string of the molecule is CC1CCN(C(=O)OCc2ccccc2)C(C)O1. The number of ether oxygens (including phenoxy) is 2. The van der Waals surface area contributed by atoms with E-state index >= 15 is 0 Å². The van der Waals surface area contributed by atoms with E-state index in [0.717, 1.165) is 12.0 Å². The van der Waals surface area contributed by atoms with Gasteiger partial charge in [-0.3, -0.25) is 4.90 Å². The van der Waals surface area contributed by atoms with Gasteiger partial charge in [0.05, 0.1) is 6.10 Å². The fraction of sp³-hybridized carbons (Fsp3) is 0.500. The lowest BCUT2D eigenvalue weighted by atomic mass is 10.2. The van der Waals surface area contributed by atoms with Crippen molar-refractivity contribution in [2.45, 2.75) is 39.2 Å². The third-order valence-corrected chi connectivity index (χ3v) is 3.08. The maximum absolute atomic E-state index is 11.9. The van der Waals surface area contributed by atoms with Gasteiger partial charge in [-0.15, -0.1) is 0 Å². The maximum Gasteiger partial charge on any atom is 0.412 e. The highest BCUT2D eigenvalue weighted by Gasteiger charge is 2.28. The van der Waals surface area contributed by atoms with E-state index in [4.69, 9.17) is 9.47 Å². The van der Waals surface area contributed by atoms with Gasteiger partial charge < -0.3 is 9.47 Å². The van der Waals surface area contributed by atoms with Gasteiger partial charge in [-0.2, -0.15) is 0 Å². The van der Waals surface area contributed by atoms with Crippen molar-refractivity contribution in [3.05, 3.63) is 35.9 Å². The molecule has 2 atom stereocenters. The lowest BCUT2D eigenvalue weighted by Gasteiger charge is -2.35. The highest BCUT2D eigenvalue weighted by Crippen LogP contribution is 2.16. The van der Waals surface area contributed by atoms with Gasteiger partial charge in [0.25, 0.3) is 0 Å². The number of nitrogens with zero attached hydrogens (tertiary/aromatic N) is 1. The van der Waals surface area contributed by atoms with E-state index in [1.54, 1.807) is 4.90 Å². The third-order valence-electron chi connectivity index (χ3n) is 3.08. The van der Waals surface area contributed by atoms with Crippen molar-refractivity contribution in [1.82, 2.24) is 4.90 Å². The van der Waals surface area contributed by atoms with E-state index in [2.05, 4.69) is 0 Å². The molecule has 18 heavy (non-hydrogen) atoms. The Hall–Kier alpha value is -1.55. The summed E-state index contributed by atoms with van der Waals surface area (Å²) in [4.78, 5) is 13.5. The highest BCUT2D eigenvalue weighted by atomic mass is 16.6. The summed E-state index contributed by atoms with van der Waals surface area (Å²) in [6.07, 6.45) is 0.540. The summed E-state index contributed by atoms with van der Waals surface area (Å²) in [7, 11) is 0. The molecule has 1 fully saturated rings. The molecule has 1 amide bonds. The van der Waals surface area contributed by atoms with Crippen LogP contribution in [0.2, 0.25) is 0 Å². The molecule has 4 nitrogen and oxygen atoms in total. The van der Waals surface area contributed by atoms with Gasteiger partial charge in [0.1, 0.15) is 12.8 Å². The Kier molecular flexibility index (Phi) is 4.20. The largest absolute Gasteiger partial charge is 0.444 e. The number of hydrogen-bond donors (Lipinski definition) is 0. The fourth-order valence-electron chi connectivity index (χ4n) is 2.02. The molecule has 0 N–H and O–H groups in total. The van der Waals surface area contributed by atoms with Gasteiger partial charge in [-0.25, -0.2) is 4.79 Å². The normalized spacial score (nSPS) is 23.8. The first-order chi connectivity index (χ1) is 8.66. The van der Waals surface area contributed by atoms with Crippen molar-refractivity contribution in [1.29, 1.82) is 0 Å². The zero-order valence-corrected chi connectivity index (χ0v) is 10.8. The van der Waals surface area contributed by atoms with Crippen molar-refractivity contribution in [3.8, 4) is 0 Å². The van der Waals surface area contributed by atoms with Gasteiger partial charge in [-0.1, -0.05) is 30.3 Å². The number of carbonyl (C=O) groups excluding carboxylic acids is 1. The fourth-order valence-corrected chi connectivity index (χ4v) is 2.02. The van der Waals surface area contributed by atoms with E-state index in [-0.39, 0.29) is 18.4 Å². The Balaban J connectivity index is 1.85. The molecule has 0 aromatic heterocycles. The van der Waals surface area contributed by atoms with E-state index in [1.165, 1.54) is 0 Å². The molecule has 2 unspecified atom stereocenters. The number of hydrogen-bond acceptors (Lipinski definition) is 3. The van der Waals surface area contributed by atoms with Crippen LogP contribution >= 0.6 is 0 Å². The minimum Gasteiger partial charge on any atom is -0.444 e. The lowest BCUT2D eigenvalue weighted by molar-refractivity contribution is -0.113. The summed E-state index contributed by atoms with van der Waals surface area (Å²) in [5.74, 6) is 0. The van der Waals surface area contributed by atoms with E-state index in [0.29, 0.717) is 13.2 Å². The van der Waals surface area contributed by atoms with Crippen molar-refractivity contribution in [2.75, 3.05) is 6.54 Å². The summed E-state index contributed by atoms with van der Waals surface area (Å²) < 4.78 is 10.9. The minimum atomic E-state index is -0.307. The van der Waals surface area contributed by atoms with Gasteiger partial charge in [-0.05, 0) is 25.8 Å². The molecule has 1 aliphatic rings. The van der Waals surface area contributed by atoms with Crippen LogP contribution in [0.5, 0.6) is 0 Å². The smallest absolute Gasteiger partial charge is 0.412 e. The van der Waals surface area contributed by atoms with Crippen molar-refractivity contribution in [3.63, 3.8) is 0 Å². The molecule has 4 heteroatoms. The Bertz CT molecular complexity index is 393. The third kappa shape index (κ3) is 3.23. The van der Waals surface area contributed by atoms with Crippen LogP contribution in [0.4, 0.5) is 4.79 Å². The summed E-state index contributed by atoms with van der Waals surface area (Å²) >= 11 is 0. The quantitative estimate of drug-likeness (QED) is 0.809. The molecule has 98 valence electrons. The van der Waals surface area contributed by atoms with E-state index in [1.807, 2.05) is 44.2 Å². The van der Waals surface area contributed by atoms with Crippen molar-refractivity contribution in [2.24, 2.45) is 0 Å².